The van der Waals surface area contributed by atoms with Gasteiger partial charge in [-0.3, -0.25) is 0 Å². The maximum Gasteiger partial charge on any atom is 0.161 e. The van der Waals surface area contributed by atoms with E-state index in [0.29, 0.717) is 31.1 Å². The summed E-state index contributed by atoms with van der Waals surface area (Å²) in [5, 5.41) is 2.86. The minimum Gasteiger partial charge on any atom is -0.493 e. The zero-order valence-electron chi connectivity index (χ0n) is 14.8. The zero-order chi connectivity index (χ0) is 17.5. The molecule has 0 aliphatic heterocycles. The Bertz CT molecular complexity index is 586. The standard InChI is InChI=1S/C17H29NO4S/c1-6-9-16(23(5,19)20)17(18-7-2)13-10-11-14(21-4)15(12-13)22-8-3/h10-12,16-18H,6-9H2,1-5H3. The van der Waals surface area contributed by atoms with E-state index in [1.165, 1.54) is 6.26 Å². The lowest BCUT2D eigenvalue weighted by Crippen LogP contribution is -2.37. The summed E-state index contributed by atoms with van der Waals surface area (Å²) in [6.45, 7) is 7.10. The molecule has 0 bridgehead atoms. The Kier molecular flexibility index (Phi) is 7.85. The van der Waals surface area contributed by atoms with Crippen molar-refractivity contribution in [1.29, 1.82) is 0 Å². The molecule has 0 fully saturated rings. The molecule has 0 spiro atoms. The molecule has 0 aliphatic carbocycles. The molecule has 23 heavy (non-hydrogen) atoms. The van der Waals surface area contributed by atoms with Gasteiger partial charge in [0, 0.05) is 12.3 Å². The molecule has 0 saturated heterocycles. The molecular formula is C17H29NO4S. The third kappa shape index (κ3) is 5.39. The van der Waals surface area contributed by atoms with E-state index in [1.54, 1.807) is 7.11 Å². The topological polar surface area (TPSA) is 64.6 Å². The van der Waals surface area contributed by atoms with Crippen LogP contribution in [0.2, 0.25) is 0 Å². The highest BCUT2D eigenvalue weighted by Crippen LogP contribution is 2.33. The van der Waals surface area contributed by atoms with Crippen molar-refractivity contribution in [2.75, 3.05) is 26.5 Å². The van der Waals surface area contributed by atoms with Crippen LogP contribution in [0.4, 0.5) is 0 Å². The van der Waals surface area contributed by atoms with E-state index in [2.05, 4.69) is 5.32 Å². The zero-order valence-corrected chi connectivity index (χ0v) is 15.6. The Morgan fingerprint density at radius 2 is 1.87 bits per heavy atom. The van der Waals surface area contributed by atoms with Gasteiger partial charge in [0.1, 0.15) is 0 Å². The van der Waals surface area contributed by atoms with Crippen molar-refractivity contribution >= 4 is 9.84 Å². The summed E-state index contributed by atoms with van der Waals surface area (Å²) in [5.41, 5.74) is 0.903. The van der Waals surface area contributed by atoms with Crippen LogP contribution in [-0.2, 0) is 9.84 Å². The van der Waals surface area contributed by atoms with E-state index < -0.39 is 15.1 Å². The minimum absolute atomic E-state index is 0.264. The summed E-state index contributed by atoms with van der Waals surface area (Å²) < 4.78 is 35.4. The van der Waals surface area contributed by atoms with Crippen molar-refractivity contribution in [3.05, 3.63) is 23.8 Å². The first-order valence-corrected chi connectivity index (χ1v) is 10.1. The highest BCUT2D eigenvalue weighted by molar-refractivity contribution is 7.91. The molecule has 2 atom stereocenters. The molecule has 0 saturated carbocycles. The van der Waals surface area contributed by atoms with E-state index in [9.17, 15) is 8.42 Å². The normalized spacial score (nSPS) is 14.3. The molecule has 0 amide bonds. The summed E-state index contributed by atoms with van der Waals surface area (Å²) >= 11 is 0. The van der Waals surface area contributed by atoms with Gasteiger partial charge in [-0.15, -0.1) is 0 Å². The Morgan fingerprint density at radius 1 is 1.17 bits per heavy atom. The first kappa shape index (κ1) is 19.8. The number of sulfone groups is 1. The van der Waals surface area contributed by atoms with Crippen molar-refractivity contribution in [2.45, 2.75) is 44.9 Å². The first-order chi connectivity index (χ1) is 10.9. The Labute approximate surface area is 140 Å². The number of hydrogen-bond donors (Lipinski definition) is 1. The van der Waals surface area contributed by atoms with E-state index in [1.807, 2.05) is 39.0 Å². The molecule has 1 N–H and O–H groups in total. The smallest absolute Gasteiger partial charge is 0.161 e. The van der Waals surface area contributed by atoms with Crippen LogP contribution in [0.1, 0.15) is 45.2 Å². The predicted octanol–water partition coefficient (Wildman–Crippen LogP) is 2.96. The number of benzene rings is 1. The monoisotopic (exact) mass is 343 g/mol. The summed E-state index contributed by atoms with van der Waals surface area (Å²) in [7, 11) is -1.58. The van der Waals surface area contributed by atoms with Gasteiger partial charge in [-0.1, -0.05) is 26.3 Å². The highest BCUT2D eigenvalue weighted by atomic mass is 32.2. The van der Waals surface area contributed by atoms with Crippen LogP contribution in [-0.4, -0.2) is 40.2 Å². The number of ether oxygens (including phenoxy) is 2. The van der Waals surface area contributed by atoms with E-state index in [-0.39, 0.29) is 6.04 Å². The van der Waals surface area contributed by atoms with Crippen molar-refractivity contribution in [3.8, 4) is 11.5 Å². The fourth-order valence-electron chi connectivity index (χ4n) is 2.75. The molecule has 2 unspecified atom stereocenters. The van der Waals surface area contributed by atoms with Gasteiger partial charge in [0.2, 0.25) is 0 Å². The Hall–Kier alpha value is -1.27. The third-order valence-corrected chi connectivity index (χ3v) is 5.37. The average molecular weight is 343 g/mol. The van der Waals surface area contributed by atoms with Crippen molar-refractivity contribution in [2.24, 2.45) is 0 Å². The van der Waals surface area contributed by atoms with Crippen LogP contribution in [0.3, 0.4) is 0 Å². The molecule has 0 aliphatic rings. The van der Waals surface area contributed by atoms with Gasteiger partial charge in [-0.25, -0.2) is 8.42 Å². The average Bonchev–Trinajstić information content (AvgIpc) is 2.50. The molecule has 0 radical (unpaired) electrons. The summed E-state index contributed by atoms with van der Waals surface area (Å²) in [6.07, 6.45) is 2.74. The summed E-state index contributed by atoms with van der Waals surface area (Å²) in [6, 6.07) is 5.35. The number of rotatable bonds is 10. The van der Waals surface area contributed by atoms with Gasteiger partial charge < -0.3 is 14.8 Å². The van der Waals surface area contributed by atoms with Crippen molar-refractivity contribution in [3.63, 3.8) is 0 Å². The first-order valence-electron chi connectivity index (χ1n) is 8.11. The Balaban J connectivity index is 3.30. The van der Waals surface area contributed by atoms with E-state index >= 15 is 0 Å². The molecule has 1 aromatic rings. The quantitative estimate of drug-likeness (QED) is 0.707. The minimum atomic E-state index is -3.17. The second-order valence-corrected chi connectivity index (χ2v) is 7.80. The fourth-order valence-corrected chi connectivity index (χ4v) is 4.16. The van der Waals surface area contributed by atoms with Gasteiger partial charge in [0.05, 0.1) is 19.0 Å². The molecule has 1 aromatic carbocycles. The Morgan fingerprint density at radius 3 is 2.35 bits per heavy atom. The van der Waals surface area contributed by atoms with Crippen LogP contribution in [0, 0.1) is 0 Å². The number of nitrogens with one attached hydrogen (secondary N) is 1. The van der Waals surface area contributed by atoms with Crippen LogP contribution >= 0.6 is 0 Å². The molecule has 6 heteroatoms. The molecule has 132 valence electrons. The summed E-state index contributed by atoms with van der Waals surface area (Å²) in [5.74, 6) is 1.29. The number of methoxy groups -OCH3 is 1. The molecule has 0 heterocycles. The van der Waals surface area contributed by atoms with Crippen molar-refractivity contribution < 1.29 is 17.9 Å². The lowest BCUT2D eigenvalue weighted by molar-refractivity contribution is 0.310. The van der Waals surface area contributed by atoms with Crippen LogP contribution < -0.4 is 14.8 Å². The lowest BCUT2D eigenvalue weighted by Gasteiger charge is -2.27. The maximum atomic E-state index is 12.2. The van der Waals surface area contributed by atoms with Crippen LogP contribution in [0.5, 0.6) is 11.5 Å². The summed E-state index contributed by atoms with van der Waals surface area (Å²) in [4.78, 5) is 0. The second-order valence-electron chi connectivity index (χ2n) is 5.54. The van der Waals surface area contributed by atoms with Gasteiger partial charge in [-0.05, 0) is 37.6 Å². The molecule has 1 rings (SSSR count). The largest absolute Gasteiger partial charge is 0.493 e. The molecular weight excluding hydrogens is 314 g/mol. The molecule has 0 aromatic heterocycles. The van der Waals surface area contributed by atoms with Crippen molar-refractivity contribution in [1.82, 2.24) is 5.32 Å². The van der Waals surface area contributed by atoms with Gasteiger partial charge in [0.25, 0.3) is 0 Å². The van der Waals surface area contributed by atoms with E-state index in [0.717, 1.165) is 12.0 Å². The predicted molar refractivity (Wildman–Crippen MR) is 94.1 cm³/mol. The van der Waals surface area contributed by atoms with Crippen LogP contribution in [0.15, 0.2) is 18.2 Å². The second kappa shape index (κ2) is 9.13. The lowest BCUT2D eigenvalue weighted by atomic mass is 10.00. The molecule has 5 nitrogen and oxygen atoms in total. The fraction of sp³-hybridized carbons (Fsp3) is 0.647. The third-order valence-electron chi connectivity index (χ3n) is 3.77. The van der Waals surface area contributed by atoms with Gasteiger partial charge >= 0.3 is 0 Å². The highest BCUT2D eigenvalue weighted by Gasteiger charge is 2.30. The van der Waals surface area contributed by atoms with Gasteiger partial charge in [0.15, 0.2) is 21.3 Å². The maximum absolute atomic E-state index is 12.2. The van der Waals surface area contributed by atoms with Gasteiger partial charge in [-0.2, -0.15) is 0 Å². The number of hydrogen-bond acceptors (Lipinski definition) is 5. The van der Waals surface area contributed by atoms with E-state index in [4.69, 9.17) is 9.47 Å². The van der Waals surface area contributed by atoms with Crippen LogP contribution in [0.25, 0.3) is 0 Å². The SMILES string of the molecule is CCCC(C(NCC)c1ccc(OC)c(OCC)c1)S(C)(=O)=O.